The molecule has 0 radical (unpaired) electrons. The molecule has 0 fully saturated rings. The molecule has 1 aromatic carbocycles. The zero-order valence-electron chi connectivity index (χ0n) is 7.69. The van der Waals surface area contributed by atoms with Crippen molar-refractivity contribution in [2.45, 2.75) is 13.8 Å². The number of benzene rings is 1. The fourth-order valence-corrected chi connectivity index (χ4v) is 2.23. The van der Waals surface area contributed by atoms with Crippen molar-refractivity contribution in [1.82, 2.24) is 0 Å². The van der Waals surface area contributed by atoms with Gasteiger partial charge in [-0.15, -0.1) is 0 Å². The fourth-order valence-electron chi connectivity index (χ4n) is 1.22. The zero-order chi connectivity index (χ0) is 11.0. The smallest absolute Gasteiger partial charge is 0.338 e. The molecule has 3 nitrogen and oxygen atoms in total. The normalized spacial score (nSPS) is 10.3. The van der Waals surface area contributed by atoms with Crippen LogP contribution >= 0.6 is 31.9 Å². The third-order valence-electron chi connectivity index (χ3n) is 2.11. The lowest BCUT2D eigenvalue weighted by Gasteiger charge is -2.12. The molecule has 0 aliphatic heterocycles. The summed E-state index contributed by atoms with van der Waals surface area (Å²) in [4.78, 5) is 10.9. The van der Waals surface area contributed by atoms with Crippen LogP contribution in [0.3, 0.4) is 0 Å². The van der Waals surface area contributed by atoms with Crippen LogP contribution in [0.1, 0.15) is 21.5 Å². The van der Waals surface area contributed by atoms with Gasteiger partial charge in [0.15, 0.2) is 0 Å². The highest BCUT2D eigenvalue weighted by Crippen LogP contribution is 2.36. The predicted molar refractivity (Wildman–Crippen MR) is 62.7 cm³/mol. The number of anilines is 1. The molecule has 0 amide bonds. The number of halogens is 2. The van der Waals surface area contributed by atoms with Gasteiger partial charge in [0.25, 0.3) is 0 Å². The Hall–Kier alpha value is -0.550. The van der Waals surface area contributed by atoms with E-state index in [1.54, 1.807) is 13.8 Å². The first-order valence-corrected chi connectivity index (χ1v) is 5.43. The van der Waals surface area contributed by atoms with Crippen molar-refractivity contribution in [2.24, 2.45) is 0 Å². The van der Waals surface area contributed by atoms with E-state index < -0.39 is 5.97 Å². The zero-order valence-corrected chi connectivity index (χ0v) is 10.9. The van der Waals surface area contributed by atoms with Crippen LogP contribution in [0.15, 0.2) is 8.95 Å². The van der Waals surface area contributed by atoms with E-state index in [0.717, 1.165) is 14.5 Å². The summed E-state index contributed by atoms with van der Waals surface area (Å²) in [6.45, 7) is 3.49. The Morgan fingerprint density at radius 2 is 1.64 bits per heavy atom. The van der Waals surface area contributed by atoms with Crippen molar-refractivity contribution in [3.63, 3.8) is 0 Å². The molecule has 0 aromatic heterocycles. The number of hydrogen-bond acceptors (Lipinski definition) is 2. The molecular weight excluding hydrogens is 314 g/mol. The van der Waals surface area contributed by atoms with Crippen LogP contribution in [0.2, 0.25) is 0 Å². The topological polar surface area (TPSA) is 63.3 Å². The van der Waals surface area contributed by atoms with Gasteiger partial charge in [-0.3, -0.25) is 0 Å². The molecule has 0 aliphatic carbocycles. The summed E-state index contributed by atoms with van der Waals surface area (Å²) in [6.07, 6.45) is 0. The van der Waals surface area contributed by atoms with Crippen LogP contribution in [0, 0.1) is 13.8 Å². The van der Waals surface area contributed by atoms with Crippen LogP contribution in [0.5, 0.6) is 0 Å². The molecule has 76 valence electrons. The number of nitrogen functional groups attached to an aromatic ring is 1. The average Bonchev–Trinajstić information content (AvgIpc) is 2.11. The van der Waals surface area contributed by atoms with Crippen molar-refractivity contribution in [2.75, 3.05) is 5.73 Å². The van der Waals surface area contributed by atoms with Crippen molar-refractivity contribution in [3.8, 4) is 0 Å². The molecule has 14 heavy (non-hydrogen) atoms. The molecule has 0 atom stereocenters. The maximum Gasteiger partial charge on any atom is 0.338 e. The Morgan fingerprint density at radius 3 is 2.07 bits per heavy atom. The quantitative estimate of drug-likeness (QED) is 0.781. The highest BCUT2D eigenvalue weighted by molar-refractivity contribution is 9.13. The maximum atomic E-state index is 10.9. The summed E-state index contributed by atoms with van der Waals surface area (Å²) in [7, 11) is 0. The van der Waals surface area contributed by atoms with Gasteiger partial charge in [0.1, 0.15) is 0 Å². The van der Waals surface area contributed by atoms with E-state index in [9.17, 15) is 4.79 Å². The van der Waals surface area contributed by atoms with Gasteiger partial charge in [0.2, 0.25) is 0 Å². The van der Waals surface area contributed by atoms with Crippen molar-refractivity contribution < 1.29 is 9.90 Å². The molecule has 0 saturated heterocycles. The highest BCUT2D eigenvalue weighted by Gasteiger charge is 2.19. The highest BCUT2D eigenvalue weighted by atomic mass is 79.9. The van der Waals surface area contributed by atoms with Crippen LogP contribution in [-0.4, -0.2) is 11.1 Å². The summed E-state index contributed by atoms with van der Waals surface area (Å²) >= 11 is 6.66. The number of carboxylic acids is 1. The van der Waals surface area contributed by atoms with E-state index in [1.807, 2.05) is 0 Å². The molecule has 0 bridgehead atoms. The predicted octanol–water partition coefficient (Wildman–Crippen LogP) is 3.11. The van der Waals surface area contributed by atoms with Gasteiger partial charge in [0.05, 0.1) is 11.3 Å². The first-order chi connectivity index (χ1) is 6.37. The molecule has 0 saturated carbocycles. The molecule has 3 N–H and O–H groups in total. The lowest BCUT2D eigenvalue weighted by Crippen LogP contribution is -2.08. The van der Waals surface area contributed by atoms with Crippen molar-refractivity contribution in [3.05, 3.63) is 25.6 Å². The molecule has 1 rings (SSSR count). The first-order valence-electron chi connectivity index (χ1n) is 3.84. The number of carbonyl (C=O) groups is 1. The Kier molecular flexibility index (Phi) is 3.21. The van der Waals surface area contributed by atoms with Crippen molar-refractivity contribution >= 4 is 43.5 Å². The van der Waals surface area contributed by atoms with Crippen LogP contribution in [0.25, 0.3) is 0 Å². The van der Waals surface area contributed by atoms with Gasteiger partial charge in [-0.05, 0) is 56.8 Å². The summed E-state index contributed by atoms with van der Waals surface area (Å²) in [5.74, 6) is -1.00. The number of hydrogen-bond donors (Lipinski definition) is 2. The lowest BCUT2D eigenvalue weighted by molar-refractivity contribution is 0.0697. The Balaban J connectivity index is 3.68. The summed E-state index contributed by atoms with van der Waals surface area (Å²) in [5.41, 5.74) is 7.57. The van der Waals surface area contributed by atoms with E-state index >= 15 is 0 Å². The second-order valence-corrected chi connectivity index (χ2v) is 4.56. The van der Waals surface area contributed by atoms with E-state index in [0.29, 0.717) is 11.3 Å². The largest absolute Gasteiger partial charge is 0.478 e. The first kappa shape index (κ1) is 11.5. The van der Waals surface area contributed by atoms with Crippen molar-refractivity contribution in [1.29, 1.82) is 0 Å². The number of rotatable bonds is 1. The molecule has 0 spiro atoms. The monoisotopic (exact) mass is 321 g/mol. The summed E-state index contributed by atoms with van der Waals surface area (Å²) in [6, 6.07) is 0. The SMILES string of the molecule is Cc1c(N)c(C(=O)O)c(C)c(Br)c1Br. The molecular formula is C9H9Br2NO2. The number of carboxylic acid groups (broad SMARTS) is 1. The lowest BCUT2D eigenvalue weighted by atomic mass is 10.0. The standard InChI is InChI=1S/C9H9Br2NO2/c1-3-5(9(13)14)8(12)4(2)7(11)6(3)10/h12H2,1-2H3,(H,13,14). The average molecular weight is 323 g/mol. The van der Waals surface area contributed by atoms with E-state index in [4.69, 9.17) is 10.8 Å². The van der Waals surface area contributed by atoms with Gasteiger partial charge in [0, 0.05) is 8.95 Å². The molecule has 1 aromatic rings. The van der Waals surface area contributed by atoms with Gasteiger partial charge in [-0.2, -0.15) is 0 Å². The van der Waals surface area contributed by atoms with Crippen LogP contribution in [0.4, 0.5) is 5.69 Å². The van der Waals surface area contributed by atoms with E-state index in [2.05, 4.69) is 31.9 Å². The minimum atomic E-state index is -1.00. The third-order valence-corrected chi connectivity index (χ3v) is 4.63. The van der Waals surface area contributed by atoms with Gasteiger partial charge < -0.3 is 10.8 Å². The van der Waals surface area contributed by atoms with Gasteiger partial charge in [-0.1, -0.05) is 0 Å². The summed E-state index contributed by atoms with van der Waals surface area (Å²) in [5, 5.41) is 8.97. The van der Waals surface area contributed by atoms with Gasteiger partial charge in [-0.25, -0.2) is 4.79 Å². The molecule has 0 unspecified atom stereocenters. The molecule has 0 heterocycles. The number of nitrogens with two attached hydrogens (primary N) is 1. The molecule has 0 aliphatic rings. The maximum absolute atomic E-state index is 10.9. The van der Waals surface area contributed by atoms with Crippen LogP contribution < -0.4 is 5.73 Å². The number of aromatic carboxylic acids is 1. The fraction of sp³-hybridized carbons (Fsp3) is 0.222. The Morgan fingerprint density at radius 1 is 1.21 bits per heavy atom. The second kappa shape index (κ2) is 3.90. The minimum Gasteiger partial charge on any atom is -0.478 e. The third kappa shape index (κ3) is 1.66. The Bertz CT molecular complexity index is 387. The Labute approximate surface area is 98.6 Å². The van der Waals surface area contributed by atoms with E-state index in [1.165, 1.54) is 0 Å². The summed E-state index contributed by atoms with van der Waals surface area (Å²) < 4.78 is 1.54. The van der Waals surface area contributed by atoms with E-state index in [-0.39, 0.29) is 5.56 Å². The minimum absolute atomic E-state index is 0.164. The molecule has 5 heteroatoms. The van der Waals surface area contributed by atoms with Crippen LogP contribution in [-0.2, 0) is 0 Å². The second-order valence-electron chi connectivity index (χ2n) is 2.97. The van der Waals surface area contributed by atoms with Gasteiger partial charge >= 0.3 is 5.97 Å².